The summed E-state index contributed by atoms with van der Waals surface area (Å²) in [6.07, 6.45) is 2.14. The van der Waals surface area contributed by atoms with E-state index in [1.807, 2.05) is 0 Å². The van der Waals surface area contributed by atoms with Crippen molar-refractivity contribution in [3.8, 4) is 0 Å². The van der Waals surface area contributed by atoms with Crippen molar-refractivity contribution >= 4 is 6.29 Å². The Labute approximate surface area is 117 Å². The first-order valence-corrected chi connectivity index (χ1v) is 7.32. The molecule has 0 aliphatic heterocycles. The highest BCUT2D eigenvalue weighted by Crippen LogP contribution is 2.56. The summed E-state index contributed by atoms with van der Waals surface area (Å²) in [5, 5.41) is 0. The first-order chi connectivity index (χ1) is 8.71. The van der Waals surface area contributed by atoms with Crippen LogP contribution in [0.1, 0.15) is 73.7 Å². The van der Waals surface area contributed by atoms with Crippen molar-refractivity contribution in [1.29, 1.82) is 0 Å². The molecule has 19 heavy (non-hydrogen) atoms. The van der Waals surface area contributed by atoms with Gasteiger partial charge in [-0.15, -0.1) is 0 Å². The fourth-order valence-corrected chi connectivity index (χ4v) is 4.15. The lowest BCUT2D eigenvalue weighted by Gasteiger charge is -2.35. The summed E-state index contributed by atoms with van der Waals surface area (Å²) in [6, 6.07) is 2.25. The molecule has 0 radical (unpaired) electrons. The minimum Gasteiger partial charge on any atom is -0.298 e. The molecule has 0 N–H and O–H groups in total. The lowest BCUT2D eigenvalue weighted by molar-refractivity contribution is 0.112. The minimum absolute atomic E-state index is 0.175. The minimum atomic E-state index is 0.175. The smallest absolute Gasteiger partial charge is 0.150 e. The van der Waals surface area contributed by atoms with E-state index in [9.17, 15) is 4.79 Å². The Bertz CT molecular complexity index is 539. The fraction of sp³-hybridized carbons (Fsp3) is 0.611. The number of aldehydes is 1. The summed E-state index contributed by atoms with van der Waals surface area (Å²) in [5.74, 6) is 0.583. The van der Waals surface area contributed by atoms with Crippen molar-refractivity contribution in [1.82, 2.24) is 0 Å². The molecule has 2 rings (SSSR count). The van der Waals surface area contributed by atoms with E-state index < -0.39 is 0 Å². The van der Waals surface area contributed by atoms with Crippen LogP contribution in [-0.2, 0) is 10.8 Å². The average molecular weight is 258 g/mol. The van der Waals surface area contributed by atoms with Gasteiger partial charge in [0.1, 0.15) is 0 Å². The van der Waals surface area contributed by atoms with Gasteiger partial charge in [0, 0.05) is 5.56 Å². The van der Waals surface area contributed by atoms with Crippen molar-refractivity contribution < 1.29 is 4.79 Å². The van der Waals surface area contributed by atoms with Crippen LogP contribution in [-0.4, -0.2) is 6.29 Å². The molecule has 0 spiro atoms. The van der Waals surface area contributed by atoms with Crippen LogP contribution in [0.25, 0.3) is 0 Å². The Balaban J connectivity index is 2.88. The zero-order valence-electron chi connectivity index (χ0n) is 13.3. The largest absolute Gasteiger partial charge is 0.298 e. The second-order valence-electron chi connectivity index (χ2n) is 6.99. The van der Waals surface area contributed by atoms with Crippen LogP contribution in [0.4, 0.5) is 0 Å². The van der Waals surface area contributed by atoms with E-state index in [1.54, 1.807) is 0 Å². The van der Waals surface area contributed by atoms with E-state index in [-0.39, 0.29) is 10.8 Å². The third-order valence-corrected chi connectivity index (χ3v) is 5.99. The van der Waals surface area contributed by atoms with Gasteiger partial charge in [0.2, 0.25) is 0 Å². The molecule has 0 amide bonds. The third kappa shape index (κ3) is 1.63. The molecule has 1 aliphatic carbocycles. The zero-order valence-corrected chi connectivity index (χ0v) is 13.3. The van der Waals surface area contributed by atoms with Crippen LogP contribution in [0.2, 0.25) is 0 Å². The highest BCUT2D eigenvalue weighted by Gasteiger charge is 2.51. The summed E-state index contributed by atoms with van der Waals surface area (Å²) in [4.78, 5) is 11.4. The average Bonchev–Trinajstić information content (AvgIpc) is 2.50. The predicted molar refractivity (Wildman–Crippen MR) is 81.1 cm³/mol. The lowest BCUT2D eigenvalue weighted by atomic mass is 9.68. The molecular formula is C18H26O. The number of hydrogen-bond donors (Lipinski definition) is 0. The third-order valence-electron chi connectivity index (χ3n) is 5.99. The first-order valence-electron chi connectivity index (χ1n) is 7.32. The first kappa shape index (κ1) is 14.3. The second-order valence-corrected chi connectivity index (χ2v) is 6.99. The summed E-state index contributed by atoms with van der Waals surface area (Å²) in [6.45, 7) is 15.9. The summed E-state index contributed by atoms with van der Waals surface area (Å²) < 4.78 is 0. The van der Waals surface area contributed by atoms with Gasteiger partial charge in [-0.05, 0) is 59.3 Å². The Morgan fingerprint density at radius 2 is 1.84 bits per heavy atom. The number of carbonyl (C=O) groups excluding carboxylic acids is 1. The molecular weight excluding hydrogens is 232 g/mol. The Morgan fingerprint density at radius 3 is 2.32 bits per heavy atom. The van der Waals surface area contributed by atoms with Gasteiger partial charge in [0.25, 0.3) is 0 Å². The van der Waals surface area contributed by atoms with Crippen LogP contribution in [0.5, 0.6) is 0 Å². The van der Waals surface area contributed by atoms with Gasteiger partial charge in [-0.2, -0.15) is 0 Å². The lowest BCUT2D eigenvalue weighted by Crippen LogP contribution is -2.33. The standard InChI is InChI=1S/C18H26O/c1-8-18(7)13(4)17(5,6)15-9-11(2)14(10-19)12(3)16(15)18/h9-10,13H,8H2,1-7H3/t13-,18+/m0/s1. The molecule has 0 saturated heterocycles. The maximum Gasteiger partial charge on any atom is 0.150 e. The van der Waals surface area contributed by atoms with Gasteiger partial charge in [-0.1, -0.05) is 40.7 Å². The van der Waals surface area contributed by atoms with Gasteiger partial charge in [-0.3, -0.25) is 4.79 Å². The Kier molecular flexibility index (Phi) is 3.16. The number of aryl methyl sites for hydroxylation is 1. The molecule has 104 valence electrons. The molecule has 1 aromatic carbocycles. The van der Waals surface area contributed by atoms with Crippen molar-refractivity contribution in [3.05, 3.63) is 33.9 Å². The van der Waals surface area contributed by atoms with Crippen LogP contribution in [0.3, 0.4) is 0 Å². The van der Waals surface area contributed by atoms with Crippen molar-refractivity contribution in [3.63, 3.8) is 0 Å². The molecule has 1 aliphatic rings. The molecule has 0 heterocycles. The van der Waals surface area contributed by atoms with Gasteiger partial charge in [-0.25, -0.2) is 0 Å². The molecule has 1 nitrogen and oxygen atoms in total. The quantitative estimate of drug-likeness (QED) is 0.702. The van der Waals surface area contributed by atoms with E-state index >= 15 is 0 Å². The van der Waals surface area contributed by atoms with Crippen LogP contribution in [0, 0.1) is 19.8 Å². The normalized spacial score (nSPS) is 28.3. The van der Waals surface area contributed by atoms with Crippen LogP contribution < -0.4 is 0 Å². The number of hydrogen-bond acceptors (Lipinski definition) is 1. The number of rotatable bonds is 2. The van der Waals surface area contributed by atoms with E-state index in [4.69, 9.17) is 0 Å². The monoisotopic (exact) mass is 258 g/mol. The van der Waals surface area contributed by atoms with E-state index in [2.05, 4.69) is 54.5 Å². The summed E-state index contributed by atoms with van der Waals surface area (Å²) in [7, 11) is 0. The second kappa shape index (κ2) is 4.19. The van der Waals surface area contributed by atoms with E-state index in [0.717, 1.165) is 23.8 Å². The van der Waals surface area contributed by atoms with Crippen LogP contribution in [0.15, 0.2) is 6.07 Å². The fourth-order valence-electron chi connectivity index (χ4n) is 4.15. The molecule has 0 unspecified atom stereocenters. The molecule has 2 atom stereocenters. The van der Waals surface area contributed by atoms with Gasteiger partial charge >= 0.3 is 0 Å². The molecule has 0 saturated carbocycles. The number of fused-ring (bicyclic) bond motifs is 1. The SMILES string of the molecule is CC[C@@]1(C)c2c(cc(C)c(C=O)c2C)C(C)(C)[C@@H]1C. The van der Waals surface area contributed by atoms with Crippen molar-refractivity contribution in [2.24, 2.45) is 5.92 Å². The molecule has 0 fully saturated rings. The zero-order chi connectivity index (χ0) is 14.6. The van der Waals surface area contributed by atoms with Crippen molar-refractivity contribution in [2.75, 3.05) is 0 Å². The topological polar surface area (TPSA) is 17.1 Å². The van der Waals surface area contributed by atoms with Gasteiger partial charge in [0.05, 0.1) is 0 Å². The molecule has 1 heteroatoms. The van der Waals surface area contributed by atoms with E-state index in [0.29, 0.717) is 5.92 Å². The predicted octanol–water partition coefficient (Wildman–Crippen LogP) is 4.71. The maximum atomic E-state index is 11.4. The number of benzene rings is 1. The Morgan fingerprint density at radius 1 is 1.26 bits per heavy atom. The highest BCUT2D eigenvalue weighted by atomic mass is 16.1. The van der Waals surface area contributed by atoms with Crippen LogP contribution >= 0.6 is 0 Å². The Hall–Kier alpha value is -1.11. The number of carbonyl (C=O) groups is 1. The molecule has 1 aromatic rings. The molecule has 0 aromatic heterocycles. The van der Waals surface area contributed by atoms with E-state index in [1.165, 1.54) is 16.7 Å². The summed E-state index contributed by atoms with van der Waals surface area (Å²) >= 11 is 0. The molecule has 0 bridgehead atoms. The van der Waals surface area contributed by atoms with Gasteiger partial charge in [0.15, 0.2) is 6.29 Å². The highest BCUT2D eigenvalue weighted by molar-refractivity contribution is 5.81. The van der Waals surface area contributed by atoms with Crippen molar-refractivity contribution in [2.45, 2.75) is 65.7 Å². The maximum absolute atomic E-state index is 11.4. The summed E-state index contributed by atoms with van der Waals surface area (Å²) in [5.41, 5.74) is 6.44. The van der Waals surface area contributed by atoms with Gasteiger partial charge < -0.3 is 0 Å².